The van der Waals surface area contributed by atoms with Crippen LogP contribution in [-0.2, 0) is 0 Å². The molecule has 0 spiro atoms. The molecule has 9 nitrogen and oxygen atoms in total. The van der Waals surface area contributed by atoms with E-state index in [1.165, 1.54) is 12.8 Å². The summed E-state index contributed by atoms with van der Waals surface area (Å²) in [7, 11) is 1.98. The van der Waals surface area contributed by atoms with Crippen LogP contribution in [0.5, 0.6) is 0 Å². The maximum absolute atomic E-state index is 4.98. The summed E-state index contributed by atoms with van der Waals surface area (Å²) in [6.07, 6.45) is 6.37. The van der Waals surface area contributed by atoms with Crippen molar-refractivity contribution in [3.05, 3.63) is 18.0 Å². The van der Waals surface area contributed by atoms with Crippen LogP contribution in [0.3, 0.4) is 0 Å². The molecule has 1 atom stereocenters. The molecule has 0 unspecified atom stereocenters. The van der Waals surface area contributed by atoms with Crippen molar-refractivity contribution in [2.75, 3.05) is 29.9 Å². The van der Waals surface area contributed by atoms with Gasteiger partial charge in [-0.2, -0.15) is 0 Å². The van der Waals surface area contributed by atoms with Crippen LogP contribution in [0.25, 0.3) is 11.3 Å². The second-order valence-electron chi connectivity index (χ2n) is 6.39. The van der Waals surface area contributed by atoms with Gasteiger partial charge in [-0.1, -0.05) is 18.0 Å². The van der Waals surface area contributed by atoms with Crippen molar-refractivity contribution >= 4 is 22.9 Å². The van der Waals surface area contributed by atoms with Gasteiger partial charge in [0.2, 0.25) is 11.3 Å². The summed E-state index contributed by atoms with van der Waals surface area (Å²) in [6, 6.07) is 1.84. The Morgan fingerprint density at radius 1 is 1.04 bits per heavy atom. The van der Waals surface area contributed by atoms with Gasteiger partial charge in [0.1, 0.15) is 12.0 Å². The van der Waals surface area contributed by atoms with Crippen molar-refractivity contribution < 1.29 is 9.15 Å². The minimum Gasteiger partial charge on any atom is -0.364 e. The van der Waals surface area contributed by atoms with Gasteiger partial charge in [-0.05, 0) is 30.1 Å². The lowest BCUT2D eigenvalue weighted by Crippen LogP contribution is -2.30. The van der Waals surface area contributed by atoms with Crippen LogP contribution in [-0.4, -0.2) is 45.6 Å². The normalized spacial score (nSPS) is 16.8. The molecule has 3 aromatic heterocycles. The van der Waals surface area contributed by atoms with Crippen LogP contribution in [0.2, 0.25) is 0 Å². The second-order valence-corrected chi connectivity index (χ2v) is 6.39. The number of hydrogen-bond donors (Lipinski definition) is 0. The maximum Gasteiger partial charge on any atom is 0.245 e. The maximum atomic E-state index is 4.98. The van der Waals surface area contributed by atoms with E-state index in [9.17, 15) is 0 Å². The molecular weight excluding hydrogens is 322 g/mol. The van der Waals surface area contributed by atoms with Crippen molar-refractivity contribution in [1.29, 1.82) is 0 Å². The molecule has 1 saturated heterocycles. The van der Waals surface area contributed by atoms with E-state index in [2.05, 4.69) is 32.3 Å². The highest BCUT2D eigenvalue weighted by molar-refractivity contribution is 5.74. The Morgan fingerprint density at radius 3 is 2.44 bits per heavy atom. The molecule has 1 fully saturated rings. The predicted octanol–water partition coefficient (Wildman–Crippen LogP) is 2.58. The molecule has 9 heteroatoms. The van der Waals surface area contributed by atoms with Crippen LogP contribution in [0.1, 0.15) is 44.3 Å². The van der Waals surface area contributed by atoms with E-state index in [4.69, 9.17) is 14.1 Å². The highest BCUT2D eigenvalue weighted by Gasteiger charge is 2.25. The zero-order chi connectivity index (χ0) is 17.2. The average Bonchev–Trinajstić information content (AvgIpc) is 3.25. The lowest BCUT2D eigenvalue weighted by Gasteiger charge is -2.30. The van der Waals surface area contributed by atoms with E-state index in [-0.39, 0.29) is 6.04 Å². The average molecular weight is 343 g/mol. The molecule has 0 aromatic carbocycles. The summed E-state index contributed by atoms with van der Waals surface area (Å²) in [6.45, 7) is 3.98. The molecule has 3 aromatic rings. The lowest BCUT2D eigenvalue weighted by molar-refractivity contribution is 0.314. The Bertz CT molecular complexity index is 824. The van der Waals surface area contributed by atoms with Gasteiger partial charge in [0.05, 0.1) is 6.04 Å². The quantitative estimate of drug-likeness (QED) is 0.708. The van der Waals surface area contributed by atoms with Gasteiger partial charge in [-0.3, -0.25) is 0 Å². The Kier molecular flexibility index (Phi) is 4.21. The zero-order valence-corrected chi connectivity index (χ0v) is 14.4. The first-order chi connectivity index (χ1) is 12.2. The van der Waals surface area contributed by atoms with Gasteiger partial charge in [-0.15, -0.1) is 0 Å². The highest BCUT2D eigenvalue weighted by Crippen LogP contribution is 2.32. The predicted molar refractivity (Wildman–Crippen MR) is 91.4 cm³/mol. The van der Waals surface area contributed by atoms with Crippen molar-refractivity contribution in [3.8, 4) is 0 Å². The van der Waals surface area contributed by atoms with Gasteiger partial charge in [-0.25, -0.2) is 14.6 Å². The third-order valence-electron chi connectivity index (χ3n) is 4.78. The van der Waals surface area contributed by atoms with Crippen LogP contribution in [0.15, 0.2) is 21.5 Å². The van der Waals surface area contributed by atoms with Crippen molar-refractivity contribution in [1.82, 2.24) is 25.4 Å². The molecule has 4 rings (SSSR count). The summed E-state index contributed by atoms with van der Waals surface area (Å²) in [5, 5.41) is 11.8. The molecule has 25 heavy (non-hydrogen) atoms. The number of fused-ring (bicyclic) bond motifs is 1. The van der Waals surface area contributed by atoms with E-state index in [0.717, 1.165) is 43.3 Å². The smallest absolute Gasteiger partial charge is 0.245 e. The first-order valence-corrected chi connectivity index (χ1v) is 8.62. The Balaban J connectivity index is 1.76. The fourth-order valence-electron chi connectivity index (χ4n) is 3.17. The number of nitrogens with zero attached hydrogens (tertiary/aromatic N) is 7. The lowest BCUT2D eigenvalue weighted by atomic mass is 10.2. The molecule has 0 bridgehead atoms. The molecule has 0 aliphatic carbocycles. The molecule has 1 aliphatic rings. The van der Waals surface area contributed by atoms with Crippen LogP contribution >= 0.6 is 0 Å². The molecule has 0 radical (unpaired) electrons. The minimum absolute atomic E-state index is 0.0175. The van der Waals surface area contributed by atoms with Gasteiger partial charge in [0.25, 0.3) is 0 Å². The Labute approximate surface area is 145 Å². The molecule has 0 amide bonds. The van der Waals surface area contributed by atoms with E-state index in [1.807, 2.05) is 18.0 Å². The first-order valence-electron chi connectivity index (χ1n) is 8.62. The SMILES string of the molecule is C[C@H](c1ccon1)N(C)c1nc2nonc2nc1N1CCCCCC1. The molecule has 4 heterocycles. The van der Waals surface area contributed by atoms with E-state index >= 15 is 0 Å². The highest BCUT2D eigenvalue weighted by atomic mass is 16.6. The minimum atomic E-state index is -0.0175. The van der Waals surface area contributed by atoms with Crippen LogP contribution < -0.4 is 9.80 Å². The Morgan fingerprint density at radius 2 is 1.76 bits per heavy atom. The third-order valence-corrected chi connectivity index (χ3v) is 4.78. The largest absolute Gasteiger partial charge is 0.364 e. The van der Waals surface area contributed by atoms with Crippen molar-refractivity contribution in [3.63, 3.8) is 0 Å². The number of hydrogen-bond acceptors (Lipinski definition) is 9. The summed E-state index contributed by atoms with van der Waals surface area (Å²) in [5.41, 5.74) is 1.68. The second kappa shape index (κ2) is 6.66. The van der Waals surface area contributed by atoms with Crippen molar-refractivity contribution in [2.45, 2.75) is 38.6 Å². The molecule has 0 N–H and O–H groups in total. The van der Waals surface area contributed by atoms with Crippen molar-refractivity contribution in [2.24, 2.45) is 0 Å². The number of rotatable bonds is 4. The fraction of sp³-hybridized carbons (Fsp3) is 0.562. The van der Waals surface area contributed by atoms with Gasteiger partial charge < -0.3 is 14.3 Å². The third kappa shape index (κ3) is 3.01. The summed E-state index contributed by atoms with van der Waals surface area (Å²) in [4.78, 5) is 13.7. The van der Waals surface area contributed by atoms with Gasteiger partial charge in [0.15, 0.2) is 11.6 Å². The van der Waals surface area contributed by atoms with E-state index < -0.39 is 0 Å². The fourth-order valence-corrected chi connectivity index (χ4v) is 3.17. The monoisotopic (exact) mass is 343 g/mol. The summed E-state index contributed by atoms with van der Waals surface area (Å²) >= 11 is 0. The molecule has 0 saturated carbocycles. The summed E-state index contributed by atoms with van der Waals surface area (Å²) in [5.74, 6) is 1.57. The topological polar surface area (TPSA) is 97.2 Å². The number of anilines is 2. The van der Waals surface area contributed by atoms with E-state index in [0.29, 0.717) is 11.3 Å². The van der Waals surface area contributed by atoms with E-state index in [1.54, 1.807) is 6.26 Å². The zero-order valence-electron chi connectivity index (χ0n) is 14.4. The standard InChI is InChI=1S/C16H21N7O2/c1-11(12-7-10-24-19-12)22(2)15-16(23-8-5-3-4-6-9-23)18-14-13(17-15)20-25-21-14/h7,10-11H,3-6,8-9H2,1-2H3/t11-/m1/s1. The molecule has 1 aliphatic heterocycles. The van der Waals surface area contributed by atoms with Crippen LogP contribution in [0, 0.1) is 0 Å². The van der Waals surface area contributed by atoms with Gasteiger partial charge in [0, 0.05) is 26.2 Å². The molecular formula is C16H21N7O2. The number of aromatic nitrogens is 5. The summed E-state index contributed by atoms with van der Waals surface area (Å²) < 4.78 is 9.79. The van der Waals surface area contributed by atoms with Gasteiger partial charge >= 0.3 is 0 Å². The van der Waals surface area contributed by atoms with Crippen LogP contribution in [0.4, 0.5) is 11.6 Å². The molecule has 132 valence electrons. The first kappa shape index (κ1) is 15.8. The Hall–Kier alpha value is -2.71.